The van der Waals surface area contributed by atoms with Gasteiger partial charge in [0.15, 0.2) is 0 Å². The van der Waals surface area contributed by atoms with E-state index in [2.05, 4.69) is 12.1 Å². The molecule has 0 atom stereocenters. The lowest BCUT2D eigenvalue weighted by Crippen LogP contribution is -2.37. The Kier molecular flexibility index (Phi) is 4.15. The van der Waals surface area contributed by atoms with E-state index in [1.807, 2.05) is 31.2 Å². The van der Waals surface area contributed by atoms with E-state index in [1.165, 1.54) is 16.9 Å². The zero-order valence-corrected chi connectivity index (χ0v) is 13.7. The van der Waals surface area contributed by atoms with E-state index in [1.54, 1.807) is 10.4 Å². The molecule has 0 spiro atoms. The Morgan fingerprint density at radius 1 is 1.05 bits per heavy atom. The van der Waals surface area contributed by atoms with Crippen molar-refractivity contribution in [3.63, 3.8) is 0 Å². The molecule has 0 radical (unpaired) electrons. The van der Waals surface area contributed by atoms with E-state index in [0.717, 1.165) is 17.7 Å². The SMILES string of the molecule is Cc1ccc(S(=O)(=O)N2CCC(c3ccccc3)CC2)s1. The Morgan fingerprint density at radius 3 is 2.29 bits per heavy atom. The number of nitrogens with zero attached hydrogens (tertiary/aromatic N) is 1. The molecule has 2 aromatic rings. The van der Waals surface area contributed by atoms with Crippen molar-refractivity contribution in [3.8, 4) is 0 Å². The monoisotopic (exact) mass is 321 g/mol. The van der Waals surface area contributed by atoms with Gasteiger partial charge in [-0.25, -0.2) is 8.42 Å². The smallest absolute Gasteiger partial charge is 0.206 e. The van der Waals surface area contributed by atoms with E-state index in [0.29, 0.717) is 23.2 Å². The quantitative estimate of drug-likeness (QED) is 0.866. The normalized spacial score (nSPS) is 18.0. The predicted molar refractivity (Wildman–Crippen MR) is 86.2 cm³/mol. The topological polar surface area (TPSA) is 37.4 Å². The second-order valence-corrected chi connectivity index (χ2v) is 8.91. The van der Waals surface area contributed by atoms with Crippen molar-refractivity contribution < 1.29 is 8.42 Å². The summed E-state index contributed by atoms with van der Waals surface area (Å²) in [5.74, 6) is 0.475. The van der Waals surface area contributed by atoms with Crippen molar-refractivity contribution >= 4 is 21.4 Å². The van der Waals surface area contributed by atoms with Crippen molar-refractivity contribution in [1.29, 1.82) is 0 Å². The Morgan fingerprint density at radius 2 is 1.71 bits per heavy atom. The van der Waals surface area contributed by atoms with Gasteiger partial charge in [-0.1, -0.05) is 30.3 Å². The summed E-state index contributed by atoms with van der Waals surface area (Å²) in [6, 6.07) is 14.0. The first-order valence-electron chi connectivity index (χ1n) is 7.19. The van der Waals surface area contributed by atoms with Crippen molar-refractivity contribution in [1.82, 2.24) is 4.31 Å². The number of hydrogen-bond acceptors (Lipinski definition) is 3. The molecule has 112 valence electrons. The van der Waals surface area contributed by atoms with Crippen LogP contribution in [-0.4, -0.2) is 25.8 Å². The minimum Gasteiger partial charge on any atom is -0.206 e. The molecule has 21 heavy (non-hydrogen) atoms. The molecule has 1 aliphatic rings. The van der Waals surface area contributed by atoms with Crippen LogP contribution in [0.25, 0.3) is 0 Å². The lowest BCUT2D eigenvalue weighted by molar-refractivity contribution is 0.320. The highest BCUT2D eigenvalue weighted by Gasteiger charge is 2.30. The number of hydrogen-bond donors (Lipinski definition) is 0. The van der Waals surface area contributed by atoms with Gasteiger partial charge in [-0.15, -0.1) is 11.3 Å². The minimum atomic E-state index is -3.29. The van der Waals surface area contributed by atoms with Crippen molar-refractivity contribution in [3.05, 3.63) is 52.9 Å². The predicted octanol–water partition coefficient (Wildman–Crippen LogP) is 3.62. The van der Waals surface area contributed by atoms with Crippen LogP contribution in [0.3, 0.4) is 0 Å². The molecule has 0 aliphatic carbocycles. The van der Waals surface area contributed by atoms with Gasteiger partial charge in [-0.3, -0.25) is 0 Å². The summed E-state index contributed by atoms with van der Waals surface area (Å²) in [5, 5.41) is 0. The number of aryl methyl sites for hydroxylation is 1. The van der Waals surface area contributed by atoms with Crippen LogP contribution in [0.2, 0.25) is 0 Å². The second-order valence-electron chi connectivity index (χ2n) is 5.45. The zero-order chi connectivity index (χ0) is 14.9. The molecule has 2 heterocycles. The molecule has 0 saturated carbocycles. The third-order valence-electron chi connectivity index (χ3n) is 4.03. The van der Waals surface area contributed by atoms with Crippen molar-refractivity contribution in [2.45, 2.75) is 29.9 Å². The first-order valence-corrected chi connectivity index (χ1v) is 9.44. The summed E-state index contributed by atoms with van der Waals surface area (Å²) in [4.78, 5) is 1.03. The maximum Gasteiger partial charge on any atom is 0.252 e. The molecule has 1 aromatic heterocycles. The van der Waals surface area contributed by atoms with Crippen LogP contribution in [-0.2, 0) is 10.0 Å². The number of benzene rings is 1. The van der Waals surface area contributed by atoms with E-state index in [-0.39, 0.29) is 0 Å². The average Bonchev–Trinajstić information content (AvgIpc) is 2.96. The maximum absolute atomic E-state index is 12.6. The van der Waals surface area contributed by atoms with Gasteiger partial charge in [0.2, 0.25) is 0 Å². The third-order valence-corrected chi connectivity index (χ3v) is 7.40. The van der Waals surface area contributed by atoms with Gasteiger partial charge in [-0.05, 0) is 43.4 Å². The Bertz CT molecular complexity index is 699. The molecule has 5 heteroatoms. The maximum atomic E-state index is 12.6. The summed E-state index contributed by atoms with van der Waals surface area (Å²) in [7, 11) is -3.29. The molecule has 3 nitrogen and oxygen atoms in total. The standard InChI is InChI=1S/C16H19NO2S2/c1-13-7-8-16(20-13)21(18,19)17-11-9-15(10-12-17)14-5-3-2-4-6-14/h2-8,15H,9-12H2,1H3. The van der Waals surface area contributed by atoms with Crippen LogP contribution in [0, 0.1) is 6.92 Å². The van der Waals surface area contributed by atoms with Gasteiger partial charge in [0.1, 0.15) is 4.21 Å². The second kappa shape index (κ2) is 5.91. The van der Waals surface area contributed by atoms with Crippen LogP contribution in [0.1, 0.15) is 29.2 Å². The number of rotatable bonds is 3. The van der Waals surface area contributed by atoms with Gasteiger partial charge in [0.05, 0.1) is 0 Å². The van der Waals surface area contributed by atoms with Gasteiger partial charge in [-0.2, -0.15) is 4.31 Å². The first kappa shape index (κ1) is 14.8. The highest BCUT2D eigenvalue weighted by Crippen LogP contribution is 2.32. The fraction of sp³-hybridized carbons (Fsp3) is 0.375. The number of piperidine rings is 1. The molecule has 1 fully saturated rings. The molecular formula is C16H19NO2S2. The molecule has 1 saturated heterocycles. The molecule has 1 aliphatic heterocycles. The highest BCUT2D eigenvalue weighted by atomic mass is 32.2. The summed E-state index contributed by atoms with van der Waals surface area (Å²) in [6.07, 6.45) is 1.79. The molecule has 1 aromatic carbocycles. The van der Waals surface area contributed by atoms with Crippen LogP contribution in [0.5, 0.6) is 0 Å². The minimum absolute atomic E-state index is 0.471. The van der Waals surface area contributed by atoms with E-state index < -0.39 is 10.0 Å². The van der Waals surface area contributed by atoms with Crippen LogP contribution in [0.4, 0.5) is 0 Å². The summed E-state index contributed by atoms with van der Waals surface area (Å²) < 4.78 is 27.3. The van der Waals surface area contributed by atoms with E-state index in [4.69, 9.17) is 0 Å². The van der Waals surface area contributed by atoms with Crippen LogP contribution in [0.15, 0.2) is 46.7 Å². The van der Waals surface area contributed by atoms with Gasteiger partial charge in [0.25, 0.3) is 10.0 Å². The molecule has 0 bridgehead atoms. The lowest BCUT2D eigenvalue weighted by Gasteiger charge is -2.31. The van der Waals surface area contributed by atoms with Gasteiger partial charge < -0.3 is 0 Å². The zero-order valence-electron chi connectivity index (χ0n) is 12.0. The van der Waals surface area contributed by atoms with Crippen LogP contribution >= 0.6 is 11.3 Å². The summed E-state index contributed by atoms with van der Waals surface area (Å²) >= 11 is 1.36. The average molecular weight is 321 g/mol. The van der Waals surface area contributed by atoms with Crippen molar-refractivity contribution in [2.24, 2.45) is 0 Å². The third kappa shape index (κ3) is 3.05. The summed E-state index contributed by atoms with van der Waals surface area (Å²) in [6.45, 7) is 3.16. The van der Waals surface area contributed by atoms with E-state index in [9.17, 15) is 8.42 Å². The fourth-order valence-corrected chi connectivity index (χ4v) is 5.74. The van der Waals surface area contributed by atoms with E-state index >= 15 is 0 Å². The Hall–Kier alpha value is -1.17. The molecule has 3 rings (SSSR count). The Labute approximate surface area is 130 Å². The number of thiophene rings is 1. The summed E-state index contributed by atoms with van der Waals surface area (Å²) in [5.41, 5.74) is 1.32. The van der Waals surface area contributed by atoms with Gasteiger partial charge in [0, 0.05) is 18.0 Å². The van der Waals surface area contributed by atoms with Gasteiger partial charge >= 0.3 is 0 Å². The fourth-order valence-electron chi connectivity index (χ4n) is 2.83. The molecule has 0 amide bonds. The lowest BCUT2D eigenvalue weighted by atomic mass is 9.90. The molecular weight excluding hydrogens is 302 g/mol. The molecule has 0 unspecified atom stereocenters. The highest BCUT2D eigenvalue weighted by molar-refractivity contribution is 7.91. The largest absolute Gasteiger partial charge is 0.252 e. The number of sulfonamides is 1. The van der Waals surface area contributed by atoms with Crippen molar-refractivity contribution in [2.75, 3.05) is 13.1 Å². The first-order chi connectivity index (χ1) is 10.1. The van der Waals surface area contributed by atoms with Crippen LogP contribution < -0.4 is 0 Å². The molecule has 0 N–H and O–H groups in total. The Balaban J connectivity index is 1.71.